The number of amides is 2. The predicted molar refractivity (Wildman–Crippen MR) is 97.1 cm³/mol. The van der Waals surface area contributed by atoms with Crippen molar-refractivity contribution in [2.24, 2.45) is 0 Å². The van der Waals surface area contributed by atoms with Crippen LogP contribution in [0.2, 0.25) is 5.02 Å². The third-order valence-electron chi connectivity index (χ3n) is 5.20. The zero-order valence-corrected chi connectivity index (χ0v) is 14.7. The van der Waals surface area contributed by atoms with Crippen LogP contribution in [0.15, 0.2) is 36.7 Å². The van der Waals surface area contributed by atoms with Gasteiger partial charge in [-0.25, -0.2) is 4.79 Å². The third kappa shape index (κ3) is 3.04. The first-order chi connectivity index (χ1) is 12.2. The highest BCUT2D eigenvalue weighted by atomic mass is 35.5. The lowest BCUT2D eigenvalue weighted by Gasteiger charge is -2.32. The minimum absolute atomic E-state index is 0.0629. The Morgan fingerprint density at radius 1 is 1.20 bits per heavy atom. The van der Waals surface area contributed by atoms with Gasteiger partial charge in [0.15, 0.2) is 0 Å². The van der Waals surface area contributed by atoms with Gasteiger partial charge in [0.2, 0.25) is 0 Å². The predicted octanol–water partition coefficient (Wildman–Crippen LogP) is 3.73. The second-order valence-electron chi connectivity index (χ2n) is 6.66. The minimum Gasteiger partial charge on any atom is -0.495 e. The molecule has 1 saturated carbocycles. The average molecular weight is 358 g/mol. The number of hydrogen-bond donors (Lipinski definition) is 2. The summed E-state index contributed by atoms with van der Waals surface area (Å²) in [6.45, 7) is 0. The molecule has 0 bridgehead atoms. The summed E-state index contributed by atoms with van der Waals surface area (Å²) in [4.78, 5) is 15.9. The second kappa shape index (κ2) is 6.56. The van der Waals surface area contributed by atoms with Crippen LogP contribution in [0.1, 0.15) is 30.7 Å². The minimum atomic E-state index is -0.0629. The Morgan fingerprint density at radius 2 is 2.04 bits per heavy atom. The Morgan fingerprint density at radius 3 is 2.88 bits per heavy atom. The lowest BCUT2D eigenvalue weighted by Crippen LogP contribution is -2.39. The van der Waals surface area contributed by atoms with Crippen molar-refractivity contribution in [3.8, 4) is 16.9 Å². The summed E-state index contributed by atoms with van der Waals surface area (Å²) in [6, 6.07) is 8.29. The van der Waals surface area contributed by atoms with Crippen molar-refractivity contribution < 1.29 is 9.53 Å². The first kappa shape index (κ1) is 16.2. The van der Waals surface area contributed by atoms with E-state index < -0.39 is 0 Å². The van der Waals surface area contributed by atoms with Crippen molar-refractivity contribution in [1.82, 2.24) is 15.6 Å². The van der Waals surface area contributed by atoms with Crippen LogP contribution in [-0.2, 0) is 0 Å². The molecule has 1 aromatic heterocycles. The maximum atomic E-state index is 11.6. The topological polar surface area (TPSA) is 63.2 Å². The Bertz CT molecular complexity index is 811. The molecule has 0 spiro atoms. The van der Waals surface area contributed by atoms with Crippen LogP contribution >= 0.6 is 11.6 Å². The summed E-state index contributed by atoms with van der Waals surface area (Å²) in [5.74, 6) is 1.02. The Hall–Kier alpha value is -2.27. The van der Waals surface area contributed by atoms with E-state index in [1.165, 1.54) is 0 Å². The fraction of sp³-hybridized carbons (Fsp3) is 0.368. The number of fused-ring (bicyclic) bond motifs is 1. The number of rotatable bonds is 3. The molecule has 6 heteroatoms. The van der Waals surface area contributed by atoms with Gasteiger partial charge in [-0.05, 0) is 48.4 Å². The van der Waals surface area contributed by atoms with E-state index in [9.17, 15) is 4.79 Å². The summed E-state index contributed by atoms with van der Waals surface area (Å²) in [6.07, 6.45) is 6.37. The van der Waals surface area contributed by atoms with E-state index in [0.29, 0.717) is 5.92 Å². The van der Waals surface area contributed by atoms with Gasteiger partial charge in [0.25, 0.3) is 0 Å². The smallest absolute Gasteiger partial charge is 0.315 e. The molecule has 3 unspecified atom stereocenters. The number of aromatic nitrogens is 1. The summed E-state index contributed by atoms with van der Waals surface area (Å²) in [7, 11) is 1.64. The first-order valence-corrected chi connectivity index (χ1v) is 8.88. The lowest BCUT2D eigenvalue weighted by atomic mass is 9.77. The van der Waals surface area contributed by atoms with Gasteiger partial charge in [-0.2, -0.15) is 0 Å². The van der Waals surface area contributed by atoms with Crippen molar-refractivity contribution in [2.45, 2.75) is 37.3 Å². The second-order valence-corrected chi connectivity index (χ2v) is 7.06. The molecular formula is C19H20ClN3O2. The van der Waals surface area contributed by atoms with Gasteiger partial charge < -0.3 is 15.4 Å². The van der Waals surface area contributed by atoms with Crippen molar-refractivity contribution in [1.29, 1.82) is 0 Å². The van der Waals surface area contributed by atoms with Gasteiger partial charge in [0.05, 0.1) is 25.4 Å². The molecule has 1 aliphatic carbocycles. The number of ether oxygens (including phenoxy) is 1. The van der Waals surface area contributed by atoms with E-state index in [1.807, 2.05) is 24.4 Å². The Kier molecular flexibility index (Phi) is 4.25. The van der Waals surface area contributed by atoms with E-state index in [0.717, 1.165) is 46.7 Å². The number of carbonyl (C=O) groups excluding carboxylic acids is 1. The van der Waals surface area contributed by atoms with Crippen LogP contribution in [0, 0.1) is 0 Å². The van der Waals surface area contributed by atoms with Crippen LogP contribution in [0.5, 0.6) is 5.75 Å². The van der Waals surface area contributed by atoms with E-state index in [-0.39, 0.29) is 18.1 Å². The zero-order valence-electron chi connectivity index (χ0n) is 14.0. The average Bonchev–Trinajstić information content (AvgIpc) is 3.00. The van der Waals surface area contributed by atoms with Crippen LogP contribution in [0.25, 0.3) is 11.1 Å². The summed E-state index contributed by atoms with van der Waals surface area (Å²) < 4.78 is 5.31. The number of hydrogen-bond acceptors (Lipinski definition) is 3. The molecule has 5 nitrogen and oxygen atoms in total. The normalized spacial score (nSPS) is 25.0. The zero-order chi connectivity index (χ0) is 17.4. The number of nitrogens with one attached hydrogen (secondary N) is 2. The van der Waals surface area contributed by atoms with Crippen molar-refractivity contribution in [3.63, 3.8) is 0 Å². The molecule has 1 aliphatic heterocycles. The van der Waals surface area contributed by atoms with E-state index in [1.54, 1.807) is 13.3 Å². The lowest BCUT2D eigenvalue weighted by molar-refractivity contribution is 0.247. The van der Waals surface area contributed by atoms with Gasteiger partial charge in [-0.3, -0.25) is 4.98 Å². The number of benzene rings is 1. The van der Waals surface area contributed by atoms with Gasteiger partial charge in [-0.15, -0.1) is 0 Å². The van der Waals surface area contributed by atoms with Crippen molar-refractivity contribution in [2.75, 3.05) is 7.11 Å². The highest BCUT2D eigenvalue weighted by Crippen LogP contribution is 2.42. The van der Waals surface area contributed by atoms with E-state index in [2.05, 4.69) is 21.7 Å². The monoisotopic (exact) mass is 357 g/mol. The maximum absolute atomic E-state index is 11.6. The van der Waals surface area contributed by atoms with Crippen molar-refractivity contribution >= 4 is 17.6 Å². The van der Waals surface area contributed by atoms with Gasteiger partial charge in [-0.1, -0.05) is 23.7 Å². The number of methoxy groups -OCH3 is 1. The standard InChI is InChI=1S/C19H20ClN3O2/c1-25-13-7-12(9-21-10-13)14-3-2-4-15(20)18(14)11-5-6-16-17(8-11)23-19(24)22-16/h2-4,7,9-11,16-17H,5-6,8H2,1H3,(H2,22,23,24). The Balaban J connectivity index is 1.71. The number of urea groups is 1. The number of halogens is 1. The highest BCUT2D eigenvalue weighted by molar-refractivity contribution is 6.31. The molecule has 2 heterocycles. The van der Waals surface area contributed by atoms with Gasteiger partial charge in [0, 0.05) is 16.8 Å². The highest BCUT2D eigenvalue weighted by Gasteiger charge is 2.38. The molecule has 0 radical (unpaired) electrons. The fourth-order valence-corrected chi connectivity index (χ4v) is 4.35. The molecule has 2 aliphatic rings. The van der Waals surface area contributed by atoms with Crippen LogP contribution in [-0.4, -0.2) is 30.2 Å². The van der Waals surface area contributed by atoms with Crippen LogP contribution in [0.3, 0.4) is 0 Å². The first-order valence-electron chi connectivity index (χ1n) is 8.50. The van der Waals surface area contributed by atoms with Crippen molar-refractivity contribution in [3.05, 3.63) is 47.2 Å². The molecule has 2 N–H and O–H groups in total. The molecule has 2 fully saturated rings. The SMILES string of the molecule is COc1cncc(-c2cccc(Cl)c2C2CCC3NC(=O)NC3C2)c1. The number of nitrogens with zero attached hydrogens (tertiary/aromatic N) is 1. The molecule has 4 rings (SSSR count). The number of pyridine rings is 1. The molecule has 3 atom stereocenters. The summed E-state index contributed by atoms with van der Waals surface area (Å²) in [5.41, 5.74) is 3.21. The number of carbonyl (C=O) groups is 1. The Labute approximate surface area is 151 Å². The molecule has 1 aromatic carbocycles. The van der Waals surface area contributed by atoms with Gasteiger partial charge >= 0.3 is 6.03 Å². The third-order valence-corrected chi connectivity index (χ3v) is 5.53. The molecule has 1 saturated heterocycles. The molecular weight excluding hydrogens is 338 g/mol. The molecule has 25 heavy (non-hydrogen) atoms. The van der Waals surface area contributed by atoms with Gasteiger partial charge in [0.1, 0.15) is 5.75 Å². The molecule has 130 valence electrons. The van der Waals surface area contributed by atoms with E-state index in [4.69, 9.17) is 16.3 Å². The maximum Gasteiger partial charge on any atom is 0.315 e. The fourth-order valence-electron chi connectivity index (χ4n) is 4.02. The van der Waals surface area contributed by atoms with Crippen LogP contribution < -0.4 is 15.4 Å². The summed E-state index contributed by atoms with van der Waals surface area (Å²) in [5, 5.41) is 6.79. The molecule has 2 amide bonds. The quantitative estimate of drug-likeness (QED) is 0.879. The summed E-state index contributed by atoms with van der Waals surface area (Å²) >= 11 is 6.60. The van der Waals surface area contributed by atoms with E-state index >= 15 is 0 Å². The van der Waals surface area contributed by atoms with Crippen LogP contribution in [0.4, 0.5) is 4.79 Å². The largest absolute Gasteiger partial charge is 0.495 e. The molecule has 2 aromatic rings.